The van der Waals surface area contributed by atoms with Gasteiger partial charge in [-0.2, -0.15) is 5.10 Å². The van der Waals surface area contributed by atoms with Crippen molar-refractivity contribution in [2.45, 2.75) is 13.8 Å². The Morgan fingerprint density at radius 1 is 0.943 bits per heavy atom. The van der Waals surface area contributed by atoms with Crippen LogP contribution < -0.4 is 14.8 Å². The third-order valence-electron chi connectivity index (χ3n) is 5.70. The molecule has 1 N–H and O–H groups in total. The summed E-state index contributed by atoms with van der Waals surface area (Å²) < 4.78 is 12.2. The summed E-state index contributed by atoms with van der Waals surface area (Å²) in [6.45, 7) is 3.97. The molecule has 35 heavy (non-hydrogen) atoms. The summed E-state index contributed by atoms with van der Waals surface area (Å²) in [5.74, 6) is 0.768. The predicted octanol–water partition coefficient (Wildman–Crippen LogP) is 5.33. The van der Waals surface area contributed by atoms with Gasteiger partial charge in [0.25, 0.3) is 11.6 Å². The first-order chi connectivity index (χ1) is 16.8. The number of amides is 1. The van der Waals surface area contributed by atoms with Gasteiger partial charge in [-0.1, -0.05) is 6.07 Å². The molecule has 3 aromatic carbocycles. The molecule has 1 heterocycles. The van der Waals surface area contributed by atoms with E-state index in [0.717, 1.165) is 11.1 Å². The van der Waals surface area contributed by atoms with E-state index in [0.29, 0.717) is 34.1 Å². The van der Waals surface area contributed by atoms with Gasteiger partial charge in [-0.05, 0) is 67.4 Å². The van der Waals surface area contributed by atoms with E-state index in [1.54, 1.807) is 50.6 Å². The number of methoxy groups -OCH3 is 2. The minimum atomic E-state index is -0.478. The van der Waals surface area contributed by atoms with Gasteiger partial charge in [-0.15, -0.1) is 0 Å². The van der Waals surface area contributed by atoms with Crippen LogP contribution >= 0.6 is 0 Å². The maximum absolute atomic E-state index is 13.3. The van der Waals surface area contributed by atoms with E-state index in [4.69, 9.17) is 9.47 Å². The Morgan fingerprint density at radius 3 is 2.31 bits per heavy atom. The Kier molecular flexibility index (Phi) is 6.50. The van der Waals surface area contributed by atoms with Gasteiger partial charge in [-0.3, -0.25) is 14.9 Å². The average Bonchev–Trinajstić information content (AvgIpc) is 3.31. The van der Waals surface area contributed by atoms with E-state index in [1.807, 2.05) is 32.0 Å². The highest BCUT2D eigenvalue weighted by atomic mass is 16.6. The van der Waals surface area contributed by atoms with Crippen LogP contribution in [0.15, 0.2) is 66.7 Å². The number of aryl methyl sites for hydroxylation is 2. The van der Waals surface area contributed by atoms with Gasteiger partial charge in [-0.25, -0.2) is 4.68 Å². The van der Waals surface area contributed by atoms with Crippen molar-refractivity contribution in [3.8, 4) is 28.4 Å². The molecular weight excluding hydrogens is 448 g/mol. The van der Waals surface area contributed by atoms with Crippen LogP contribution in [0.5, 0.6) is 11.5 Å². The van der Waals surface area contributed by atoms with Crippen LogP contribution in [-0.2, 0) is 0 Å². The van der Waals surface area contributed by atoms with E-state index in [1.165, 1.54) is 16.8 Å². The molecule has 9 heteroatoms. The molecule has 0 bridgehead atoms. The number of hydrogen-bond donors (Lipinski definition) is 1. The average molecular weight is 473 g/mol. The zero-order chi connectivity index (χ0) is 25.1. The van der Waals surface area contributed by atoms with Crippen molar-refractivity contribution in [2.24, 2.45) is 0 Å². The quantitative estimate of drug-likeness (QED) is 0.288. The smallest absolute Gasteiger partial charge is 0.274 e. The van der Waals surface area contributed by atoms with Gasteiger partial charge in [0.05, 0.1) is 30.5 Å². The van der Waals surface area contributed by atoms with Gasteiger partial charge >= 0.3 is 0 Å². The van der Waals surface area contributed by atoms with Gasteiger partial charge in [0.2, 0.25) is 0 Å². The minimum Gasteiger partial charge on any atom is -0.497 e. The normalized spacial score (nSPS) is 10.6. The molecule has 4 rings (SSSR count). The molecule has 1 aromatic heterocycles. The number of rotatable bonds is 7. The number of anilines is 1. The summed E-state index contributed by atoms with van der Waals surface area (Å²) in [4.78, 5) is 24.0. The second-order valence-corrected chi connectivity index (χ2v) is 7.92. The van der Waals surface area contributed by atoms with E-state index in [2.05, 4.69) is 10.4 Å². The number of nitrogens with one attached hydrogen (secondary N) is 1. The summed E-state index contributed by atoms with van der Waals surface area (Å²) in [5, 5.41) is 18.7. The van der Waals surface area contributed by atoms with Crippen molar-refractivity contribution in [3.05, 3.63) is 93.7 Å². The van der Waals surface area contributed by atoms with Crippen molar-refractivity contribution in [1.29, 1.82) is 0 Å². The predicted molar refractivity (Wildman–Crippen MR) is 133 cm³/mol. The molecule has 0 aliphatic carbocycles. The number of non-ortho nitro benzene ring substituents is 1. The maximum Gasteiger partial charge on any atom is 0.274 e. The van der Waals surface area contributed by atoms with E-state index in [9.17, 15) is 14.9 Å². The van der Waals surface area contributed by atoms with Crippen LogP contribution in [0, 0.1) is 24.0 Å². The Labute approximate surface area is 202 Å². The van der Waals surface area contributed by atoms with Crippen LogP contribution in [0.2, 0.25) is 0 Å². The van der Waals surface area contributed by atoms with Crippen molar-refractivity contribution >= 4 is 17.3 Å². The molecule has 0 fully saturated rings. The first kappa shape index (κ1) is 23.5. The number of nitro benzene ring substituents is 1. The fourth-order valence-corrected chi connectivity index (χ4v) is 3.61. The van der Waals surface area contributed by atoms with Gasteiger partial charge in [0.1, 0.15) is 17.2 Å². The lowest BCUT2D eigenvalue weighted by atomic mass is 10.1. The van der Waals surface area contributed by atoms with Crippen molar-refractivity contribution in [2.75, 3.05) is 19.5 Å². The van der Waals surface area contributed by atoms with E-state index < -0.39 is 4.92 Å². The highest BCUT2D eigenvalue weighted by Gasteiger charge is 2.21. The largest absolute Gasteiger partial charge is 0.497 e. The van der Waals surface area contributed by atoms with Gasteiger partial charge in [0.15, 0.2) is 0 Å². The fraction of sp³-hybridized carbons (Fsp3) is 0.154. The third-order valence-corrected chi connectivity index (χ3v) is 5.70. The Morgan fingerprint density at radius 2 is 1.69 bits per heavy atom. The molecule has 0 radical (unpaired) electrons. The lowest BCUT2D eigenvalue weighted by Gasteiger charge is -2.10. The number of hydrogen-bond acceptors (Lipinski definition) is 6. The van der Waals surface area contributed by atoms with E-state index >= 15 is 0 Å². The Balaban J connectivity index is 1.80. The second-order valence-electron chi connectivity index (χ2n) is 7.92. The Hall–Kier alpha value is -4.66. The van der Waals surface area contributed by atoms with Gasteiger partial charge < -0.3 is 14.8 Å². The lowest BCUT2D eigenvalue weighted by Crippen LogP contribution is -2.17. The maximum atomic E-state index is 13.3. The molecule has 0 unspecified atom stereocenters. The van der Waals surface area contributed by atoms with Crippen LogP contribution in [0.4, 0.5) is 11.4 Å². The SMILES string of the molecule is COc1ccc(-c2cc(C(=O)Nc3ccc(C)c(C)c3)n(-c3ccc([N+](=O)[O-])cc3)n2)c(OC)c1. The fourth-order valence-electron chi connectivity index (χ4n) is 3.61. The monoisotopic (exact) mass is 472 g/mol. The third kappa shape index (κ3) is 4.84. The minimum absolute atomic E-state index is 0.0564. The van der Waals surface area contributed by atoms with Crippen molar-refractivity contribution in [1.82, 2.24) is 9.78 Å². The van der Waals surface area contributed by atoms with Crippen LogP contribution in [0.1, 0.15) is 21.6 Å². The molecule has 178 valence electrons. The molecule has 1 amide bonds. The molecule has 0 aliphatic heterocycles. The zero-order valence-corrected chi connectivity index (χ0v) is 19.7. The standard InChI is InChI=1S/C26H24N4O5/c1-16-5-6-18(13-17(16)2)27-26(31)24-15-23(22-12-11-21(34-3)14-25(22)35-4)28-29(24)19-7-9-20(10-8-19)30(32)33/h5-15H,1-4H3,(H,27,31). The Bertz CT molecular complexity index is 1410. The lowest BCUT2D eigenvalue weighted by molar-refractivity contribution is -0.384. The molecule has 0 saturated carbocycles. The number of nitrogens with zero attached hydrogens (tertiary/aromatic N) is 3. The summed E-state index contributed by atoms with van der Waals surface area (Å²) in [5.41, 5.74) is 4.67. The highest BCUT2D eigenvalue weighted by molar-refractivity contribution is 6.04. The molecule has 0 saturated heterocycles. The number of ether oxygens (including phenoxy) is 2. The molecule has 9 nitrogen and oxygen atoms in total. The van der Waals surface area contributed by atoms with E-state index in [-0.39, 0.29) is 17.3 Å². The summed E-state index contributed by atoms with van der Waals surface area (Å²) in [7, 11) is 3.10. The van der Waals surface area contributed by atoms with Crippen molar-refractivity contribution in [3.63, 3.8) is 0 Å². The molecule has 0 atom stereocenters. The summed E-state index contributed by atoms with van der Waals surface area (Å²) in [6, 6.07) is 18.5. The number of aromatic nitrogens is 2. The number of carbonyl (C=O) groups excluding carboxylic acids is 1. The number of carbonyl (C=O) groups is 1. The molecule has 4 aromatic rings. The molecule has 0 spiro atoms. The zero-order valence-electron chi connectivity index (χ0n) is 19.7. The molecular formula is C26H24N4O5. The van der Waals surface area contributed by atoms with Gasteiger partial charge in [0, 0.05) is 29.4 Å². The van der Waals surface area contributed by atoms with Crippen LogP contribution in [0.3, 0.4) is 0 Å². The highest BCUT2D eigenvalue weighted by Crippen LogP contribution is 2.34. The number of nitro groups is 1. The first-order valence-corrected chi connectivity index (χ1v) is 10.8. The number of benzene rings is 3. The molecule has 0 aliphatic rings. The first-order valence-electron chi connectivity index (χ1n) is 10.8. The summed E-state index contributed by atoms with van der Waals surface area (Å²) >= 11 is 0. The van der Waals surface area contributed by atoms with Crippen molar-refractivity contribution < 1.29 is 19.2 Å². The van der Waals surface area contributed by atoms with Crippen LogP contribution in [0.25, 0.3) is 16.9 Å². The topological polar surface area (TPSA) is 109 Å². The second kappa shape index (κ2) is 9.68. The summed E-state index contributed by atoms with van der Waals surface area (Å²) in [6.07, 6.45) is 0. The van der Waals surface area contributed by atoms with Crippen LogP contribution in [-0.4, -0.2) is 34.8 Å².